The Bertz CT molecular complexity index is 869. The van der Waals surface area contributed by atoms with Crippen molar-refractivity contribution in [2.24, 2.45) is 0 Å². The van der Waals surface area contributed by atoms with Crippen LogP contribution in [-0.2, 0) is 14.3 Å². The molecule has 0 aromatic rings. The summed E-state index contributed by atoms with van der Waals surface area (Å²) in [7, 11) is 0. The second-order valence-electron chi connectivity index (χ2n) is 15.4. The van der Waals surface area contributed by atoms with Crippen LogP contribution in [0.1, 0.15) is 226 Å². The monoisotopic (exact) mass is 746 g/mol. The summed E-state index contributed by atoms with van der Waals surface area (Å²) in [5.74, 6) is -0.115. The third-order valence-corrected chi connectivity index (χ3v) is 10.2. The first-order chi connectivity index (χ1) is 26.0. The molecule has 0 heterocycles. The molecule has 310 valence electrons. The summed E-state index contributed by atoms with van der Waals surface area (Å²) in [5.41, 5.74) is 0. The second-order valence-corrected chi connectivity index (χ2v) is 15.4. The molecule has 0 fully saturated rings. The fraction of sp³-hybridized carbons (Fsp3) is 0.830. The number of ether oxygens (including phenoxy) is 1. The largest absolute Gasteiger partial charge is 0.466 e. The standard InChI is InChI=1S/C47H87NO5/c1-3-5-7-9-11-13-14-15-16-17-21-25-29-33-37-41-47(52)53-42-38-34-30-26-22-19-18-20-24-28-32-36-40-46(51)48-44(43-49)45(50)39-35-31-27-23-12-10-8-6-4-2/h11,13,15-16,35,39,44-45,49-50H,3-10,12,14,17-34,36-38,40-43H2,1-2H3,(H,48,51)/b13-11-,16-15-,39-35+. The van der Waals surface area contributed by atoms with Crippen molar-refractivity contribution in [3.05, 3.63) is 36.5 Å². The molecule has 0 aliphatic heterocycles. The maximum absolute atomic E-state index is 12.3. The second kappa shape index (κ2) is 42.8. The number of carbonyl (C=O) groups is 2. The minimum atomic E-state index is -0.853. The van der Waals surface area contributed by atoms with E-state index >= 15 is 0 Å². The quantitative estimate of drug-likeness (QED) is 0.0329. The molecule has 6 heteroatoms. The number of nitrogens with one attached hydrogen (secondary N) is 1. The average molecular weight is 746 g/mol. The zero-order valence-corrected chi connectivity index (χ0v) is 35.0. The Morgan fingerprint density at radius 1 is 0.528 bits per heavy atom. The topological polar surface area (TPSA) is 95.9 Å². The van der Waals surface area contributed by atoms with Gasteiger partial charge in [-0.2, -0.15) is 0 Å². The molecule has 0 aromatic heterocycles. The molecule has 0 saturated heterocycles. The van der Waals surface area contributed by atoms with Gasteiger partial charge in [-0.1, -0.05) is 185 Å². The molecular formula is C47H87NO5. The summed E-state index contributed by atoms with van der Waals surface area (Å²) >= 11 is 0. The highest BCUT2D eigenvalue weighted by Crippen LogP contribution is 2.14. The molecule has 2 unspecified atom stereocenters. The van der Waals surface area contributed by atoms with Crippen LogP contribution in [-0.4, -0.2) is 47.4 Å². The van der Waals surface area contributed by atoms with Gasteiger partial charge in [0.05, 0.1) is 25.4 Å². The molecule has 1 amide bonds. The van der Waals surface area contributed by atoms with E-state index in [0.717, 1.165) is 70.6 Å². The summed E-state index contributed by atoms with van der Waals surface area (Å²) in [6.07, 6.45) is 49.9. The highest BCUT2D eigenvalue weighted by atomic mass is 16.5. The number of hydrogen-bond donors (Lipinski definition) is 3. The zero-order chi connectivity index (χ0) is 38.7. The van der Waals surface area contributed by atoms with Crippen LogP contribution >= 0.6 is 0 Å². The summed E-state index contributed by atoms with van der Waals surface area (Å²) in [5, 5.41) is 22.8. The summed E-state index contributed by atoms with van der Waals surface area (Å²) in [6, 6.07) is -0.638. The Hall–Kier alpha value is -1.92. The smallest absolute Gasteiger partial charge is 0.305 e. The van der Waals surface area contributed by atoms with E-state index in [4.69, 9.17) is 4.74 Å². The predicted octanol–water partition coefficient (Wildman–Crippen LogP) is 12.9. The number of aliphatic hydroxyl groups is 2. The number of aliphatic hydroxyl groups excluding tert-OH is 2. The van der Waals surface area contributed by atoms with Crippen molar-refractivity contribution >= 4 is 11.9 Å². The number of allylic oxidation sites excluding steroid dienone is 5. The minimum Gasteiger partial charge on any atom is -0.466 e. The Morgan fingerprint density at radius 3 is 1.47 bits per heavy atom. The van der Waals surface area contributed by atoms with Gasteiger partial charge in [0.2, 0.25) is 5.91 Å². The molecule has 0 spiro atoms. The van der Waals surface area contributed by atoms with Crippen molar-refractivity contribution in [2.45, 2.75) is 238 Å². The highest BCUT2D eigenvalue weighted by Gasteiger charge is 2.18. The first-order valence-electron chi connectivity index (χ1n) is 22.8. The van der Waals surface area contributed by atoms with Crippen molar-refractivity contribution in [1.29, 1.82) is 0 Å². The van der Waals surface area contributed by atoms with Crippen LogP contribution in [0.4, 0.5) is 0 Å². The Labute approximate surface area is 328 Å². The van der Waals surface area contributed by atoms with Gasteiger partial charge in [-0.15, -0.1) is 0 Å². The molecule has 0 radical (unpaired) electrons. The predicted molar refractivity (Wildman–Crippen MR) is 227 cm³/mol. The van der Waals surface area contributed by atoms with Gasteiger partial charge in [-0.3, -0.25) is 9.59 Å². The maximum Gasteiger partial charge on any atom is 0.305 e. The lowest BCUT2D eigenvalue weighted by Gasteiger charge is -2.20. The van der Waals surface area contributed by atoms with Gasteiger partial charge in [0.15, 0.2) is 0 Å². The Balaban J connectivity index is 3.49. The highest BCUT2D eigenvalue weighted by molar-refractivity contribution is 5.76. The van der Waals surface area contributed by atoms with E-state index in [1.165, 1.54) is 128 Å². The van der Waals surface area contributed by atoms with E-state index in [1.54, 1.807) is 6.08 Å². The van der Waals surface area contributed by atoms with Crippen molar-refractivity contribution < 1.29 is 24.5 Å². The van der Waals surface area contributed by atoms with Crippen LogP contribution < -0.4 is 5.32 Å². The molecule has 53 heavy (non-hydrogen) atoms. The molecule has 3 N–H and O–H groups in total. The summed E-state index contributed by atoms with van der Waals surface area (Å²) in [4.78, 5) is 24.3. The number of carbonyl (C=O) groups excluding carboxylic acids is 2. The molecule has 0 aliphatic rings. The first-order valence-corrected chi connectivity index (χ1v) is 22.8. The lowest BCUT2D eigenvalue weighted by molar-refractivity contribution is -0.143. The van der Waals surface area contributed by atoms with Crippen LogP contribution in [0.2, 0.25) is 0 Å². The molecule has 0 bridgehead atoms. The van der Waals surface area contributed by atoms with E-state index < -0.39 is 12.1 Å². The number of hydrogen-bond acceptors (Lipinski definition) is 5. The van der Waals surface area contributed by atoms with Crippen LogP contribution in [0.5, 0.6) is 0 Å². The van der Waals surface area contributed by atoms with Crippen LogP contribution in [0.15, 0.2) is 36.5 Å². The molecule has 2 atom stereocenters. The van der Waals surface area contributed by atoms with Gasteiger partial charge in [0.1, 0.15) is 0 Å². The van der Waals surface area contributed by atoms with Gasteiger partial charge in [0.25, 0.3) is 0 Å². The fourth-order valence-corrected chi connectivity index (χ4v) is 6.60. The molecule has 0 aromatic carbocycles. The average Bonchev–Trinajstić information content (AvgIpc) is 3.16. The maximum atomic E-state index is 12.3. The van der Waals surface area contributed by atoms with Crippen molar-refractivity contribution in [3.8, 4) is 0 Å². The van der Waals surface area contributed by atoms with Crippen LogP contribution in [0.25, 0.3) is 0 Å². The van der Waals surface area contributed by atoms with Gasteiger partial charge < -0.3 is 20.3 Å². The Morgan fingerprint density at radius 2 is 0.943 bits per heavy atom. The molecule has 0 aliphatic carbocycles. The van der Waals surface area contributed by atoms with Gasteiger partial charge in [-0.25, -0.2) is 0 Å². The molecule has 6 nitrogen and oxygen atoms in total. The van der Waals surface area contributed by atoms with Gasteiger partial charge in [-0.05, 0) is 64.2 Å². The summed E-state index contributed by atoms with van der Waals surface area (Å²) in [6.45, 7) is 4.79. The van der Waals surface area contributed by atoms with E-state index in [1.807, 2.05) is 6.08 Å². The minimum absolute atomic E-state index is 0.0263. The third-order valence-electron chi connectivity index (χ3n) is 10.2. The molecule has 0 saturated carbocycles. The van der Waals surface area contributed by atoms with Crippen molar-refractivity contribution in [1.82, 2.24) is 5.32 Å². The third kappa shape index (κ3) is 39.6. The number of rotatable bonds is 41. The lowest BCUT2D eigenvalue weighted by Crippen LogP contribution is -2.45. The molecular weight excluding hydrogens is 659 g/mol. The fourth-order valence-electron chi connectivity index (χ4n) is 6.60. The normalized spacial score (nSPS) is 13.1. The van der Waals surface area contributed by atoms with E-state index in [0.29, 0.717) is 19.4 Å². The summed E-state index contributed by atoms with van der Waals surface area (Å²) < 4.78 is 5.44. The van der Waals surface area contributed by atoms with E-state index in [2.05, 4.69) is 43.5 Å². The van der Waals surface area contributed by atoms with Gasteiger partial charge >= 0.3 is 5.97 Å². The SMILES string of the molecule is CCCCC/C=C\C/C=C\CCCCCCCC(=O)OCCCCCCCCCCCCCCC(=O)NC(CO)C(O)/C=C/CCCCCCCCC. The van der Waals surface area contributed by atoms with E-state index in [-0.39, 0.29) is 18.5 Å². The van der Waals surface area contributed by atoms with Crippen molar-refractivity contribution in [3.63, 3.8) is 0 Å². The number of unbranched alkanes of at least 4 members (excludes halogenated alkanes) is 26. The van der Waals surface area contributed by atoms with E-state index in [9.17, 15) is 19.8 Å². The van der Waals surface area contributed by atoms with Crippen LogP contribution in [0.3, 0.4) is 0 Å². The Kier molecular flexibility index (Phi) is 41.3. The molecule has 0 rings (SSSR count). The number of amides is 1. The lowest BCUT2D eigenvalue weighted by atomic mass is 10.0. The number of esters is 1. The van der Waals surface area contributed by atoms with Crippen LogP contribution in [0, 0.1) is 0 Å². The van der Waals surface area contributed by atoms with Crippen molar-refractivity contribution in [2.75, 3.05) is 13.2 Å². The first kappa shape index (κ1) is 51.1. The van der Waals surface area contributed by atoms with Gasteiger partial charge in [0, 0.05) is 12.8 Å². The zero-order valence-electron chi connectivity index (χ0n) is 35.0.